The highest BCUT2D eigenvalue weighted by Crippen LogP contribution is 2.78. The van der Waals surface area contributed by atoms with E-state index in [1.807, 2.05) is 20.8 Å². The van der Waals surface area contributed by atoms with Gasteiger partial charge in [0.2, 0.25) is 0 Å². The predicted molar refractivity (Wildman–Crippen MR) is 234 cm³/mol. The minimum Gasteiger partial charge on any atom is -0.481 e. The first-order valence-corrected chi connectivity index (χ1v) is 27.6. The van der Waals surface area contributed by atoms with E-state index in [0.717, 1.165) is 44.9 Å². The van der Waals surface area contributed by atoms with E-state index in [4.69, 9.17) is 9.47 Å². The number of carboxylic acid groups (broad SMARTS) is 1. The molecule has 1 aliphatic heterocycles. The van der Waals surface area contributed by atoms with Gasteiger partial charge in [-0.25, -0.2) is 8.42 Å². The highest BCUT2D eigenvalue weighted by molar-refractivity contribution is 7.91. The van der Waals surface area contributed by atoms with E-state index in [-0.39, 0.29) is 62.7 Å². The molecule has 7 aliphatic carbocycles. The van der Waals surface area contributed by atoms with Crippen LogP contribution < -0.4 is 5.32 Å². The third kappa shape index (κ3) is 7.56. The Morgan fingerprint density at radius 2 is 1.46 bits per heavy atom. The first-order valence-electron chi connectivity index (χ1n) is 23.9. The summed E-state index contributed by atoms with van der Waals surface area (Å²) < 4.78 is 49.2. The Balaban J connectivity index is 1.03. The van der Waals surface area contributed by atoms with Crippen LogP contribution in [0.5, 0.6) is 0 Å². The molecule has 61 heavy (non-hydrogen) atoms. The molecule has 0 spiro atoms. The van der Waals surface area contributed by atoms with Crippen molar-refractivity contribution in [3.63, 3.8) is 0 Å². The number of fused-ring (bicyclic) bond motifs is 7. The number of sulfone groups is 1. The Hall–Kier alpha value is -1.08. The van der Waals surface area contributed by atoms with Crippen molar-refractivity contribution >= 4 is 29.4 Å². The second kappa shape index (κ2) is 15.2. The fourth-order valence-corrected chi connectivity index (χ4v) is 18.3. The zero-order chi connectivity index (χ0) is 44.6. The molecular weight excluding hydrogens is 816 g/mol. The Morgan fingerprint density at radius 1 is 0.787 bits per heavy atom. The van der Waals surface area contributed by atoms with Crippen molar-refractivity contribution in [2.24, 2.45) is 73.9 Å². The number of carbonyl (C=O) groups excluding carboxylic acids is 1. The molecule has 2 unspecified atom stereocenters. The largest absolute Gasteiger partial charge is 0.481 e. The number of rotatable bonds is 12. The van der Waals surface area contributed by atoms with E-state index in [2.05, 4.69) is 51.8 Å². The van der Waals surface area contributed by atoms with Gasteiger partial charge in [-0.3, -0.25) is 19.1 Å². The zero-order valence-electron chi connectivity index (χ0n) is 38.7. The minimum absolute atomic E-state index is 0.0583. The zero-order valence-corrected chi connectivity index (χ0v) is 40.4. The first kappa shape index (κ1) is 46.4. The molecule has 8 aliphatic rings. The number of esters is 1. The Bertz CT molecular complexity index is 1890. The van der Waals surface area contributed by atoms with Gasteiger partial charge in [0.15, 0.2) is 9.84 Å². The summed E-state index contributed by atoms with van der Waals surface area (Å²) in [6, 6.07) is -0.218. The average Bonchev–Trinajstić information content (AvgIpc) is 3.78. The molecule has 14 heteroatoms. The number of nitrogens with zero attached hydrogens (tertiary/aromatic N) is 1. The summed E-state index contributed by atoms with van der Waals surface area (Å²) in [7, 11) is -7.50. The summed E-state index contributed by atoms with van der Waals surface area (Å²) in [6.07, 6.45) is 12.7. The molecule has 8 fully saturated rings. The van der Waals surface area contributed by atoms with Crippen LogP contribution in [0.15, 0.2) is 0 Å². The summed E-state index contributed by atoms with van der Waals surface area (Å²) in [4.78, 5) is 47.1. The van der Waals surface area contributed by atoms with Gasteiger partial charge in [-0.1, -0.05) is 55.4 Å². The highest BCUT2D eigenvalue weighted by Gasteiger charge is 2.72. The van der Waals surface area contributed by atoms with Crippen molar-refractivity contribution in [1.82, 2.24) is 10.2 Å². The Kier molecular flexibility index (Phi) is 11.6. The summed E-state index contributed by atoms with van der Waals surface area (Å²) in [6.45, 7) is 22.1. The van der Waals surface area contributed by atoms with Crippen LogP contribution in [0.4, 0.5) is 0 Å². The SMILES string of the molecule is CC(OCP(=O)(O)O)C(CN[C@]12CC[C@@H](C3(C)CC3)[C@@H]1[C@H]1CC[C@@H]3[C@@]4(C)CC[C@H](OC(=O)[C@H]5C[C@@H](C(=O)O)C5(C)C)C(C)(C)[C@@H]4CC[C@@]3(C)[C@]1(C)CC2)N1CCS(=O)(=O)CC1. The molecule has 0 aromatic rings. The molecule has 4 N–H and O–H groups in total. The lowest BCUT2D eigenvalue weighted by Gasteiger charge is -2.73. The van der Waals surface area contributed by atoms with Crippen molar-refractivity contribution in [2.45, 2.75) is 170 Å². The first-order chi connectivity index (χ1) is 28.1. The predicted octanol–water partition coefficient (Wildman–Crippen LogP) is 7.51. The number of nitrogens with one attached hydrogen (secondary N) is 1. The summed E-state index contributed by atoms with van der Waals surface area (Å²) in [5.41, 5.74) is -0.0991. The quantitative estimate of drug-likeness (QED) is 0.112. The molecule has 348 valence electrons. The fourth-order valence-electron chi connectivity index (χ4n) is 16.7. The number of aliphatic carboxylic acids is 1. The molecule has 0 aromatic heterocycles. The van der Waals surface area contributed by atoms with Crippen molar-refractivity contribution in [3.05, 3.63) is 0 Å². The van der Waals surface area contributed by atoms with Crippen LogP contribution in [0, 0.1) is 73.9 Å². The van der Waals surface area contributed by atoms with E-state index in [1.165, 1.54) is 32.1 Å². The van der Waals surface area contributed by atoms with Gasteiger partial charge >= 0.3 is 19.5 Å². The van der Waals surface area contributed by atoms with Crippen LogP contribution in [0.2, 0.25) is 0 Å². The number of ether oxygens (including phenoxy) is 2. The lowest BCUT2D eigenvalue weighted by Crippen LogP contribution is -2.69. The molecule has 0 bridgehead atoms. The smallest absolute Gasteiger partial charge is 0.350 e. The van der Waals surface area contributed by atoms with Gasteiger partial charge in [-0.2, -0.15) is 0 Å². The highest BCUT2D eigenvalue weighted by atomic mass is 32.2. The second-order valence-electron chi connectivity index (χ2n) is 24.2. The van der Waals surface area contributed by atoms with E-state index >= 15 is 0 Å². The molecule has 1 heterocycles. The molecule has 7 saturated carbocycles. The van der Waals surface area contributed by atoms with Crippen LogP contribution >= 0.6 is 7.60 Å². The van der Waals surface area contributed by atoms with Crippen LogP contribution in [-0.4, -0.2) is 101 Å². The second-order valence-corrected chi connectivity index (χ2v) is 28.1. The lowest BCUT2D eigenvalue weighted by atomic mass is 9.32. The van der Waals surface area contributed by atoms with E-state index in [1.54, 1.807) is 0 Å². The number of carboxylic acids is 1. The van der Waals surface area contributed by atoms with Gasteiger partial charge in [-0.15, -0.1) is 0 Å². The third-order valence-electron chi connectivity index (χ3n) is 21.0. The van der Waals surface area contributed by atoms with E-state index in [9.17, 15) is 37.5 Å². The fraction of sp³-hybridized carbons (Fsp3) is 0.957. The van der Waals surface area contributed by atoms with Crippen LogP contribution in [0.1, 0.15) is 146 Å². The summed E-state index contributed by atoms with van der Waals surface area (Å²) >= 11 is 0. The average molecular weight is 895 g/mol. The Labute approximate surface area is 366 Å². The van der Waals surface area contributed by atoms with Crippen LogP contribution in [0.3, 0.4) is 0 Å². The topological polar surface area (TPSA) is 180 Å². The van der Waals surface area contributed by atoms with Gasteiger partial charge < -0.3 is 29.7 Å². The van der Waals surface area contributed by atoms with Gasteiger partial charge in [0.25, 0.3) is 0 Å². The van der Waals surface area contributed by atoms with Crippen molar-refractivity contribution in [1.29, 1.82) is 0 Å². The Morgan fingerprint density at radius 3 is 2.07 bits per heavy atom. The van der Waals surface area contributed by atoms with Crippen molar-refractivity contribution in [2.75, 3.05) is 37.5 Å². The molecule has 0 radical (unpaired) electrons. The van der Waals surface area contributed by atoms with Gasteiger partial charge in [0.05, 0.1) is 29.4 Å². The number of hydrogen-bond donors (Lipinski definition) is 4. The van der Waals surface area contributed by atoms with Crippen molar-refractivity contribution in [3.8, 4) is 0 Å². The molecular formula is C47H79N2O10PS. The molecule has 12 nitrogen and oxygen atoms in total. The standard InChI is InChI=1S/C47H79N2O10PS/c1-29(58-28-60(53,54)55)34(49-22-24-61(56,57)25-23-49)27-48-47-17-12-30(43(6)18-19-43)38(47)31-10-11-36-44(7)15-14-37(59-40(52)33-26-32(39(50)51)41(33,2)3)42(4,5)35(44)13-16-46(36,9)45(31,8)20-21-47/h29-38,48H,10-28H2,1-9H3,(H,50,51)(H2,53,54,55)/t29?,30-,31-,32+,33-,34?,35+,36-,37+,38-,44+,45-,46-,47+/m1/s1. The maximum Gasteiger partial charge on any atom is 0.350 e. The summed E-state index contributed by atoms with van der Waals surface area (Å²) in [5, 5.41) is 13.9. The van der Waals surface area contributed by atoms with Gasteiger partial charge in [0.1, 0.15) is 12.5 Å². The van der Waals surface area contributed by atoms with Gasteiger partial charge in [-0.05, 0) is 147 Å². The van der Waals surface area contributed by atoms with Crippen LogP contribution in [-0.2, 0) is 33.5 Å². The number of carbonyl (C=O) groups is 2. The van der Waals surface area contributed by atoms with E-state index in [0.29, 0.717) is 61.1 Å². The molecule has 8 rings (SSSR count). The number of hydrogen-bond acceptors (Lipinski definition) is 9. The van der Waals surface area contributed by atoms with E-state index < -0.39 is 47.2 Å². The van der Waals surface area contributed by atoms with Gasteiger partial charge in [0, 0.05) is 36.6 Å². The molecule has 0 aromatic carbocycles. The molecule has 0 amide bonds. The molecule has 14 atom stereocenters. The third-order valence-corrected chi connectivity index (χ3v) is 23.1. The molecule has 1 saturated heterocycles. The lowest BCUT2D eigenvalue weighted by molar-refractivity contribution is -0.250. The monoisotopic (exact) mass is 895 g/mol. The maximum absolute atomic E-state index is 13.7. The maximum atomic E-state index is 13.7. The van der Waals surface area contributed by atoms with Crippen LogP contribution in [0.25, 0.3) is 0 Å². The van der Waals surface area contributed by atoms with Crippen molar-refractivity contribution < 1.29 is 46.9 Å². The summed E-state index contributed by atoms with van der Waals surface area (Å²) in [5.74, 6) is 0.900. The normalized spacial score (nSPS) is 45.4. The minimum atomic E-state index is -4.38.